The van der Waals surface area contributed by atoms with Gasteiger partial charge in [0.15, 0.2) is 11.5 Å². The highest BCUT2D eigenvalue weighted by molar-refractivity contribution is 6.00. The normalized spacial score (nSPS) is 14.0. The second-order valence-corrected chi connectivity index (χ2v) is 10.9. The van der Waals surface area contributed by atoms with Crippen molar-refractivity contribution in [2.24, 2.45) is 7.05 Å². The van der Waals surface area contributed by atoms with Crippen LogP contribution in [-0.2, 0) is 20.1 Å². The van der Waals surface area contributed by atoms with Crippen molar-refractivity contribution >= 4 is 5.91 Å². The standard InChI is InChI=1S/C36H35N3O5/c1-23-10-12-25(13-11-23)22-44-28-16-14-26(15-17-28)32-31-33(27-20-29(42-3)35(40)30(21-27)43-4)39(36(41)34(31)38(2)37-32)19-18-24-8-6-5-7-9-24/h5-17,20-21,33,40H,18-19,22H2,1-4H3. The maximum absolute atomic E-state index is 14.1. The van der Waals surface area contributed by atoms with E-state index in [0.29, 0.717) is 31.0 Å². The number of aromatic nitrogens is 2. The third-order valence-electron chi connectivity index (χ3n) is 8.09. The molecular formula is C36H35N3O5. The van der Waals surface area contributed by atoms with Gasteiger partial charge in [0.2, 0.25) is 5.75 Å². The van der Waals surface area contributed by atoms with Crippen LogP contribution >= 0.6 is 0 Å². The molecule has 1 unspecified atom stereocenters. The molecule has 5 aromatic rings. The van der Waals surface area contributed by atoms with Crippen LogP contribution in [0.25, 0.3) is 11.3 Å². The van der Waals surface area contributed by atoms with Crippen molar-refractivity contribution in [2.45, 2.75) is 26.0 Å². The first-order valence-corrected chi connectivity index (χ1v) is 14.5. The Hall–Kier alpha value is -5.24. The summed E-state index contributed by atoms with van der Waals surface area (Å²) in [7, 11) is 4.79. The maximum Gasteiger partial charge on any atom is 0.273 e. The summed E-state index contributed by atoms with van der Waals surface area (Å²) in [6.45, 7) is 3.02. The summed E-state index contributed by atoms with van der Waals surface area (Å²) in [6, 6.07) is 29.2. The fourth-order valence-corrected chi connectivity index (χ4v) is 5.78. The van der Waals surface area contributed by atoms with Gasteiger partial charge in [-0.15, -0.1) is 0 Å². The molecule has 8 nitrogen and oxygen atoms in total. The molecule has 0 radical (unpaired) electrons. The van der Waals surface area contributed by atoms with E-state index in [4.69, 9.17) is 19.3 Å². The summed E-state index contributed by atoms with van der Waals surface area (Å²) in [4.78, 5) is 15.9. The minimum Gasteiger partial charge on any atom is -0.502 e. The number of phenolic OH excluding ortho intramolecular Hbond substituents is 1. The molecule has 0 fully saturated rings. The van der Waals surface area contributed by atoms with Gasteiger partial charge in [0.25, 0.3) is 5.91 Å². The Morgan fingerprint density at radius 2 is 1.52 bits per heavy atom. The number of aromatic hydroxyl groups is 1. The van der Waals surface area contributed by atoms with Crippen LogP contribution < -0.4 is 14.2 Å². The van der Waals surface area contributed by atoms with Crippen molar-refractivity contribution in [3.63, 3.8) is 0 Å². The molecule has 1 atom stereocenters. The zero-order valence-electron chi connectivity index (χ0n) is 25.3. The molecule has 1 aliphatic heterocycles. The minimum absolute atomic E-state index is 0.0910. The van der Waals surface area contributed by atoms with Crippen LogP contribution in [0.4, 0.5) is 0 Å². The molecule has 44 heavy (non-hydrogen) atoms. The molecule has 2 heterocycles. The second-order valence-electron chi connectivity index (χ2n) is 10.9. The van der Waals surface area contributed by atoms with E-state index in [1.807, 2.05) is 47.4 Å². The number of aryl methyl sites for hydroxylation is 2. The summed E-state index contributed by atoms with van der Waals surface area (Å²) in [6.07, 6.45) is 0.680. The van der Waals surface area contributed by atoms with E-state index in [0.717, 1.165) is 33.6 Å². The highest BCUT2D eigenvalue weighted by atomic mass is 16.5. The van der Waals surface area contributed by atoms with E-state index in [1.54, 1.807) is 23.9 Å². The zero-order chi connectivity index (χ0) is 30.8. The third kappa shape index (κ3) is 5.46. The highest BCUT2D eigenvalue weighted by Crippen LogP contribution is 2.47. The average Bonchev–Trinajstić information content (AvgIpc) is 3.54. The number of methoxy groups -OCH3 is 2. The van der Waals surface area contributed by atoms with Gasteiger partial charge in [-0.1, -0.05) is 60.2 Å². The van der Waals surface area contributed by atoms with Gasteiger partial charge in [-0.3, -0.25) is 9.48 Å². The largest absolute Gasteiger partial charge is 0.502 e. The highest BCUT2D eigenvalue weighted by Gasteiger charge is 2.43. The number of fused-ring (bicyclic) bond motifs is 1. The molecule has 0 bridgehead atoms. The molecule has 8 heteroatoms. The molecule has 0 saturated heterocycles. The van der Waals surface area contributed by atoms with E-state index in [2.05, 4.69) is 43.3 Å². The van der Waals surface area contributed by atoms with E-state index < -0.39 is 6.04 Å². The van der Waals surface area contributed by atoms with E-state index in [-0.39, 0.29) is 23.2 Å². The summed E-state index contributed by atoms with van der Waals surface area (Å²) in [5, 5.41) is 15.5. The number of hydrogen-bond donors (Lipinski definition) is 1. The molecule has 0 aliphatic carbocycles. The number of phenols is 1. The minimum atomic E-state index is -0.481. The van der Waals surface area contributed by atoms with Crippen molar-refractivity contribution in [1.29, 1.82) is 0 Å². The quantitative estimate of drug-likeness (QED) is 0.201. The number of ether oxygens (including phenoxy) is 3. The molecule has 0 saturated carbocycles. The van der Waals surface area contributed by atoms with Gasteiger partial charge in [-0.2, -0.15) is 5.10 Å². The molecule has 1 amide bonds. The lowest BCUT2D eigenvalue weighted by Crippen LogP contribution is -2.32. The lowest BCUT2D eigenvalue weighted by atomic mass is 9.95. The summed E-state index contributed by atoms with van der Waals surface area (Å²) in [5.74, 6) is 1.08. The summed E-state index contributed by atoms with van der Waals surface area (Å²) >= 11 is 0. The summed E-state index contributed by atoms with van der Waals surface area (Å²) < 4.78 is 18.7. The van der Waals surface area contributed by atoms with Gasteiger partial charge in [-0.05, 0) is 66.4 Å². The Balaban J connectivity index is 1.38. The van der Waals surface area contributed by atoms with Crippen molar-refractivity contribution in [2.75, 3.05) is 20.8 Å². The number of benzene rings is 4. The van der Waals surface area contributed by atoms with Gasteiger partial charge in [0.1, 0.15) is 18.1 Å². The number of carbonyl (C=O) groups is 1. The summed E-state index contributed by atoms with van der Waals surface area (Å²) in [5.41, 5.74) is 7.10. The molecule has 1 aliphatic rings. The van der Waals surface area contributed by atoms with Gasteiger partial charge >= 0.3 is 0 Å². The van der Waals surface area contributed by atoms with Crippen LogP contribution in [0.5, 0.6) is 23.0 Å². The van der Waals surface area contributed by atoms with Gasteiger partial charge in [0.05, 0.1) is 26.0 Å². The average molecular weight is 590 g/mol. The van der Waals surface area contributed by atoms with Crippen molar-refractivity contribution in [3.05, 3.63) is 125 Å². The monoisotopic (exact) mass is 589 g/mol. The van der Waals surface area contributed by atoms with Crippen molar-refractivity contribution < 1.29 is 24.1 Å². The molecule has 0 spiro atoms. The lowest BCUT2D eigenvalue weighted by molar-refractivity contribution is 0.0741. The van der Waals surface area contributed by atoms with E-state index in [9.17, 15) is 9.90 Å². The SMILES string of the molecule is COc1cc(C2c3c(-c4ccc(OCc5ccc(C)cc5)cc4)nn(C)c3C(=O)N2CCc2ccccc2)cc(OC)c1O. The van der Waals surface area contributed by atoms with Crippen LogP contribution in [0.2, 0.25) is 0 Å². The predicted octanol–water partition coefficient (Wildman–Crippen LogP) is 6.49. The molecule has 1 N–H and O–H groups in total. The first-order valence-electron chi connectivity index (χ1n) is 14.5. The zero-order valence-corrected chi connectivity index (χ0v) is 25.3. The number of carbonyl (C=O) groups excluding carboxylic acids is 1. The molecule has 224 valence electrons. The van der Waals surface area contributed by atoms with Crippen LogP contribution in [0.1, 0.15) is 44.3 Å². The number of amides is 1. The number of hydrogen-bond acceptors (Lipinski definition) is 6. The van der Waals surface area contributed by atoms with E-state index in [1.165, 1.54) is 19.8 Å². The Morgan fingerprint density at radius 1 is 0.864 bits per heavy atom. The molecule has 1 aromatic heterocycles. The second kappa shape index (κ2) is 12.2. The van der Waals surface area contributed by atoms with Gasteiger partial charge in [-0.25, -0.2) is 0 Å². The Bertz CT molecular complexity index is 1750. The van der Waals surface area contributed by atoms with Crippen LogP contribution in [0.3, 0.4) is 0 Å². The first kappa shape index (κ1) is 28.9. The van der Waals surface area contributed by atoms with Gasteiger partial charge < -0.3 is 24.2 Å². The fraction of sp³-hybridized carbons (Fsp3) is 0.222. The number of rotatable bonds is 10. The molecule has 6 rings (SSSR count). The smallest absolute Gasteiger partial charge is 0.273 e. The fourth-order valence-electron chi connectivity index (χ4n) is 5.78. The van der Waals surface area contributed by atoms with Crippen molar-refractivity contribution in [1.82, 2.24) is 14.7 Å². The van der Waals surface area contributed by atoms with Crippen LogP contribution in [-0.4, -0.2) is 46.5 Å². The Morgan fingerprint density at radius 3 is 2.16 bits per heavy atom. The first-order chi connectivity index (χ1) is 21.4. The van der Waals surface area contributed by atoms with Crippen LogP contribution in [0.15, 0.2) is 91.0 Å². The predicted molar refractivity (Wildman–Crippen MR) is 168 cm³/mol. The lowest BCUT2D eigenvalue weighted by Gasteiger charge is -2.27. The maximum atomic E-state index is 14.1. The Kier molecular flexibility index (Phi) is 7.98. The Labute approximate surface area is 257 Å². The molecule has 4 aromatic carbocycles. The molecular weight excluding hydrogens is 554 g/mol. The van der Waals surface area contributed by atoms with Crippen LogP contribution in [0, 0.1) is 6.92 Å². The van der Waals surface area contributed by atoms with E-state index >= 15 is 0 Å². The van der Waals surface area contributed by atoms with Crippen molar-refractivity contribution in [3.8, 4) is 34.3 Å². The van der Waals surface area contributed by atoms with Gasteiger partial charge in [0, 0.05) is 24.7 Å². The third-order valence-corrected chi connectivity index (χ3v) is 8.09. The number of nitrogens with zero attached hydrogens (tertiary/aromatic N) is 3. The topological polar surface area (TPSA) is 86.1 Å².